The summed E-state index contributed by atoms with van der Waals surface area (Å²) in [6.07, 6.45) is 0. The molecule has 0 radical (unpaired) electrons. The van der Waals surface area contributed by atoms with Crippen LogP contribution in [0.25, 0.3) is 0 Å². The van der Waals surface area contributed by atoms with Gasteiger partial charge in [0.05, 0.1) is 0 Å². The summed E-state index contributed by atoms with van der Waals surface area (Å²) in [7, 11) is 1.99. The average Bonchev–Trinajstić information content (AvgIpc) is 2.57. The lowest BCUT2D eigenvalue weighted by molar-refractivity contribution is 0.170. The van der Waals surface area contributed by atoms with Gasteiger partial charge in [0.15, 0.2) is 23.1 Å². The molecule has 0 saturated carbocycles. The van der Waals surface area contributed by atoms with Gasteiger partial charge in [0.25, 0.3) is 0 Å². The summed E-state index contributed by atoms with van der Waals surface area (Å²) in [4.78, 5) is 2.11. The lowest BCUT2D eigenvalue weighted by atomic mass is 10.2. The molecular formula is C18H19BrFNO3. The van der Waals surface area contributed by atoms with Crippen molar-refractivity contribution in [3.8, 4) is 17.2 Å². The van der Waals surface area contributed by atoms with Gasteiger partial charge in [0, 0.05) is 17.6 Å². The summed E-state index contributed by atoms with van der Waals surface area (Å²) in [5.74, 6) is 1.49. The van der Waals surface area contributed by atoms with Crippen LogP contribution < -0.4 is 14.2 Å². The molecule has 1 aliphatic rings. The number of likely N-dealkylation sites (N-methyl/N-ethyl adjacent to an activating group) is 1. The lowest BCUT2D eigenvalue weighted by Gasteiger charge is -2.22. The number of ether oxygens (including phenoxy) is 3. The SMILES string of the molecule is CN(CCOc1ccccc1F)Cc1cc2c(cc1Br)OCCO2. The van der Waals surface area contributed by atoms with Crippen molar-refractivity contribution >= 4 is 15.9 Å². The predicted molar refractivity (Wildman–Crippen MR) is 93.4 cm³/mol. The topological polar surface area (TPSA) is 30.9 Å². The maximum atomic E-state index is 13.5. The van der Waals surface area contributed by atoms with Crippen LogP contribution in [0.3, 0.4) is 0 Å². The van der Waals surface area contributed by atoms with Crippen molar-refractivity contribution in [1.29, 1.82) is 0 Å². The van der Waals surface area contributed by atoms with Crippen molar-refractivity contribution in [1.82, 2.24) is 4.90 Å². The molecule has 2 aromatic rings. The predicted octanol–water partition coefficient (Wildman–Crippen LogP) is 3.87. The van der Waals surface area contributed by atoms with Crippen molar-refractivity contribution in [3.63, 3.8) is 0 Å². The van der Waals surface area contributed by atoms with Gasteiger partial charge in [-0.1, -0.05) is 28.1 Å². The van der Waals surface area contributed by atoms with Crippen LogP contribution >= 0.6 is 15.9 Å². The van der Waals surface area contributed by atoms with Gasteiger partial charge in [-0.05, 0) is 36.9 Å². The molecule has 1 aliphatic heterocycles. The maximum Gasteiger partial charge on any atom is 0.165 e. The van der Waals surface area contributed by atoms with Crippen molar-refractivity contribution in [3.05, 3.63) is 52.3 Å². The Hall–Kier alpha value is -1.79. The Labute approximate surface area is 149 Å². The summed E-state index contributed by atoms with van der Waals surface area (Å²) in [6, 6.07) is 10.4. The third kappa shape index (κ3) is 4.19. The minimum atomic E-state index is -0.338. The number of hydrogen-bond donors (Lipinski definition) is 0. The number of halogens is 2. The molecule has 128 valence electrons. The third-order valence-corrected chi connectivity index (χ3v) is 4.46. The monoisotopic (exact) mass is 395 g/mol. The second-order valence-electron chi connectivity index (χ2n) is 5.60. The Morgan fingerprint density at radius 2 is 1.88 bits per heavy atom. The minimum absolute atomic E-state index is 0.284. The second-order valence-corrected chi connectivity index (χ2v) is 6.46. The first-order valence-electron chi connectivity index (χ1n) is 7.77. The summed E-state index contributed by atoms with van der Waals surface area (Å²) >= 11 is 3.58. The molecule has 0 aliphatic carbocycles. The van der Waals surface area contributed by atoms with Crippen molar-refractivity contribution in [2.45, 2.75) is 6.54 Å². The van der Waals surface area contributed by atoms with E-state index in [1.165, 1.54) is 6.07 Å². The molecule has 2 aromatic carbocycles. The molecule has 3 rings (SSSR count). The van der Waals surface area contributed by atoms with Gasteiger partial charge in [-0.25, -0.2) is 4.39 Å². The van der Waals surface area contributed by atoms with E-state index in [1.54, 1.807) is 18.2 Å². The number of benzene rings is 2. The molecule has 0 spiro atoms. The van der Waals surface area contributed by atoms with Crippen LogP contribution in [-0.2, 0) is 6.54 Å². The van der Waals surface area contributed by atoms with E-state index in [0.717, 1.165) is 28.1 Å². The highest BCUT2D eigenvalue weighted by Crippen LogP contribution is 2.35. The Bertz CT molecular complexity index is 711. The second kappa shape index (κ2) is 7.85. The molecule has 0 bridgehead atoms. The number of hydrogen-bond acceptors (Lipinski definition) is 4. The normalized spacial score (nSPS) is 13.2. The van der Waals surface area contributed by atoms with Crippen LogP contribution in [0, 0.1) is 5.82 Å². The van der Waals surface area contributed by atoms with Gasteiger partial charge < -0.3 is 14.2 Å². The zero-order valence-electron chi connectivity index (χ0n) is 13.4. The van der Waals surface area contributed by atoms with Crippen LogP contribution in [-0.4, -0.2) is 38.3 Å². The van der Waals surface area contributed by atoms with Crippen molar-refractivity contribution in [2.24, 2.45) is 0 Å². The first-order chi connectivity index (χ1) is 11.6. The lowest BCUT2D eigenvalue weighted by Crippen LogP contribution is -2.24. The molecule has 0 atom stereocenters. The Morgan fingerprint density at radius 1 is 1.17 bits per heavy atom. The molecule has 0 amide bonds. The fourth-order valence-electron chi connectivity index (χ4n) is 2.47. The Morgan fingerprint density at radius 3 is 2.62 bits per heavy atom. The maximum absolute atomic E-state index is 13.5. The van der Waals surface area contributed by atoms with E-state index in [2.05, 4.69) is 20.8 Å². The summed E-state index contributed by atoms with van der Waals surface area (Å²) in [5.41, 5.74) is 1.10. The van der Waals surface area contributed by atoms with Crippen LogP contribution in [0.5, 0.6) is 17.2 Å². The molecule has 6 heteroatoms. The van der Waals surface area contributed by atoms with E-state index in [0.29, 0.717) is 26.4 Å². The quantitative estimate of drug-likeness (QED) is 0.742. The third-order valence-electron chi connectivity index (χ3n) is 3.72. The number of nitrogens with zero attached hydrogens (tertiary/aromatic N) is 1. The molecule has 1 heterocycles. The number of rotatable bonds is 6. The standard InChI is InChI=1S/C18H19BrFNO3/c1-21(6-7-22-16-5-3-2-4-15(16)20)12-13-10-17-18(11-14(13)19)24-9-8-23-17/h2-5,10-11H,6-9,12H2,1H3. The Kier molecular flexibility index (Phi) is 5.58. The molecule has 24 heavy (non-hydrogen) atoms. The van der Waals surface area contributed by atoms with E-state index in [1.807, 2.05) is 19.2 Å². The molecule has 0 unspecified atom stereocenters. The van der Waals surface area contributed by atoms with Crippen LogP contribution in [0.4, 0.5) is 4.39 Å². The zero-order valence-corrected chi connectivity index (χ0v) is 15.0. The minimum Gasteiger partial charge on any atom is -0.489 e. The fraction of sp³-hybridized carbons (Fsp3) is 0.333. The summed E-state index contributed by atoms with van der Waals surface area (Å²) < 4.78 is 31.2. The first-order valence-corrected chi connectivity index (χ1v) is 8.56. The summed E-state index contributed by atoms with van der Waals surface area (Å²) in [6.45, 7) is 2.96. The molecule has 0 N–H and O–H groups in total. The van der Waals surface area contributed by atoms with E-state index in [9.17, 15) is 4.39 Å². The van der Waals surface area contributed by atoms with Crippen LogP contribution in [0.15, 0.2) is 40.9 Å². The van der Waals surface area contributed by atoms with E-state index >= 15 is 0 Å². The highest BCUT2D eigenvalue weighted by atomic mass is 79.9. The van der Waals surface area contributed by atoms with Gasteiger partial charge in [0.1, 0.15) is 19.8 Å². The first kappa shape index (κ1) is 17.0. The molecule has 0 aromatic heterocycles. The van der Waals surface area contributed by atoms with Gasteiger partial charge in [-0.2, -0.15) is 0 Å². The number of para-hydroxylation sites is 1. The van der Waals surface area contributed by atoms with Gasteiger partial charge in [0.2, 0.25) is 0 Å². The van der Waals surface area contributed by atoms with E-state index < -0.39 is 0 Å². The van der Waals surface area contributed by atoms with E-state index in [4.69, 9.17) is 14.2 Å². The van der Waals surface area contributed by atoms with E-state index in [-0.39, 0.29) is 11.6 Å². The zero-order chi connectivity index (χ0) is 16.9. The van der Waals surface area contributed by atoms with Crippen molar-refractivity contribution < 1.29 is 18.6 Å². The smallest absolute Gasteiger partial charge is 0.165 e. The van der Waals surface area contributed by atoms with Gasteiger partial charge in [-0.3, -0.25) is 4.90 Å². The van der Waals surface area contributed by atoms with Gasteiger partial charge in [-0.15, -0.1) is 0 Å². The largest absolute Gasteiger partial charge is 0.489 e. The number of fused-ring (bicyclic) bond motifs is 1. The molecule has 0 saturated heterocycles. The highest BCUT2D eigenvalue weighted by molar-refractivity contribution is 9.10. The molecule has 0 fully saturated rings. The highest BCUT2D eigenvalue weighted by Gasteiger charge is 2.15. The molecule has 4 nitrogen and oxygen atoms in total. The Balaban J connectivity index is 1.55. The molecular weight excluding hydrogens is 377 g/mol. The van der Waals surface area contributed by atoms with Crippen molar-refractivity contribution in [2.75, 3.05) is 33.4 Å². The van der Waals surface area contributed by atoms with Gasteiger partial charge >= 0.3 is 0 Å². The summed E-state index contributed by atoms with van der Waals surface area (Å²) in [5, 5.41) is 0. The van der Waals surface area contributed by atoms with Crippen LogP contribution in [0.2, 0.25) is 0 Å². The average molecular weight is 396 g/mol. The fourth-order valence-corrected chi connectivity index (χ4v) is 2.92. The van der Waals surface area contributed by atoms with Crippen LogP contribution in [0.1, 0.15) is 5.56 Å².